The van der Waals surface area contributed by atoms with Crippen molar-refractivity contribution in [2.75, 3.05) is 0 Å². The largest absolute Gasteiger partial charge is 0.295 e. The van der Waals surface area contributed by atoms with Gasteiger partial charge in [0, 0.05) is 6.42 Å². The van der Waals surface area contributed by atoms with E-state index in [1.165, 1.54) is 56.9 Å². The molecule has 0 aromatic rings. The van der Waals surface area contributed by atoms with Crippen molar-refractivity contribution in [1.29, 1.82) is 0 Å². The Morgan fingerprint density at radius 2 is 1.88 bits per heavy atom. The van der Waals surface area contributed by atoms with E-state index in [1.54, 1.807) is 0 Å². The summed E-state index contributed by atoms with van der Waals surface area (Å²) < 4.78 is 0. The van der Waals surface area contributed by atoms with E-state index < -0.39 is 0 Å². The molecule has 0 amide bonds. The van der Waals surface area contributed by atoms with Gasteiger partial charge in [0.05, 0.1) is 0 Å². The molecule has 0 saturated heterocycles. The lowest BCUT2D eigenvalue weighted by Gasteiger charge is -2.58. The molecule has 25 heavy (non-hydrogen) atoms. The minimum absolute atomic E-state index is 0.339. The molecule has 3 fully saturated rings. The van der Waals surface area contributed by atoms with Crippen LogP contribution in [0.1, 0.15) is 91.9 Å². The molecule has 4 aliphatic rings. The maximum absolute atomic E-state index is 12.0. The van der Waals surface area contributed by atoms with Gasteiger partial charge in [0.1, 0.15) is 0 Å². The van der Waals surface area contributed by atoms with Gasteiger partial charge in [-0.05, 0) is 91.4 Å². The third-order valence-electron chi connectivity index (χ3n) is 9.47. The van der Waals surface area contributed by atoms with Crippen LogP contribution in [-0.2, 0) is 4.79 Å². The van der Waals surface area contributed by atoms with Gasteiger partial charge in [-0.2, -0.15) is 0 Å². The van der Waals surface area contributed by atoms with Crippen LogP contribution in [0.3, 0.4) is 0 Å². The smallest absolute Gasteiger partial charge is 0.155 e. The van der Waals surface area contributed by atoms with E-state index in [9.17, 15) is 4.79 Å². The lowest BCUT2D eigenvalue weighted by molar-refractivity contribution is -0.117. The van der Waals surface area contributed by atoms with Crippen LogP contribution in [0.25, 0.3) is 0 Å². The summed E-state index contributed by atoms with van der Waals surface area (Å²) in [5, 5.41) is 0. The van der Waals surface area contributed by atoms with Gasteiger partial charge in [-0.1, -0.05) is 46.1 Å². The molecular formula is C24H38O. The molecule has 0 aliphatic heterocycles. The summed E-state index contributed by atoms with van der Waals surface area (Å²) in [7, 11) is 0. The van der Waals surface area contributed by atoms with Crippen molar-refractivity contribution in [2.45, 2.75) is 91.9 Å². The Morgan fingerprint density at radius 3 is 2.64 bits per heavy atom. The Balaban J connectivity index is 1.60. The molecule has 1 heteroatoms. The highest BCUT2D eigenvalue weighted by Crippen LogP contribution is 2.67. The summed E-state index contributed by atoms with van der Waals surface area (Å²) in [6.45, 7) is 10.1. The van der Waals surface area contributed by atoms with E-state index in [-0.39, 0.29) is 0 Å². The van der Waals surface area contributed by atoms with Crippen molar-refractivity contribution in [3.8, 4) is 0 Å². The average molecular weight is 343 g/mol. The second kappa shape index (κ2) is 6.24. The van der Waals surface area contributed by atoms with E-state index in [2.05, 4.69) is 27.7 Å². The van der Waals surface area contributed by atoms with Crippen LogP contribution in [-0.4, -0.2) is 5.78 Å². The van der Waals surface area contributed by atoms with Crippen LogP contribution in [0.15, 0.2) is 11.6 Å². The fourth-order valence-corrected chi connectivity index (χ4v) is 8.19. The lowest BCUT2D eigenvalue weighted by Crippen LogP contribution is -2.50. The second-order valence-corrected chi connectivity index (χ2v) is 10.5. The maximum atomic E-state index is 12.0. The number of carbonyl (C=O) groups excluding carboxylic acids is 1. The quantitative estimate of drug-likeness (QED) is 0.567. The molecule has 4 rings (SSSR count). The maximum Gasteiger partial charge on any atom is 0.155 e. The van der Waals surface area contributed by atoms with Crippen molar-refractivity contribution in [2.24, 2.45) is 40.4 Å². The molecule has 0 heterocycles. The molecular weight excluding hydrogens is 304 g/mol. The number of fused-ring (bicyclic) bond motifs is 5. The number of rotatable bonds is 3. The number of hydrogen-bond acceptors (Lipinski definition) is 1. The van der Waals surface area contributed by atoms with E-state index in [0.717, 1.165) is 42.4 Å². The SMILES string of the molecule is CCCC(C)C1CCC2C3CCC4=CC(=O)CCC4(C)C3CCC12C. The summed E-state index contributed by atoms with van der Waals surface area (Å²) in [5.74, 6) is 4.97. The zero-order chi connectivity index (χ0) is 17.8. The predicted octanol–water partition coefficient (Wildman–Crippen LogP) is 6.57. The van der Waals surface area contributed by atoms with Gasteiger partial charge in [-0.25, -0.2) is 0 Å². The molecule has 0 N–H and O–H groups in total. The van der Waals surface area contributed by atoms with Crippen molar-refractivity contribution < 1.29 is 4.79 Å². The van der Waals surface area contributed by atoms with Crippen LogP contribution < -0.4 is 0 Å². The molecule has 0 aromatic carbocycles. The normalized spacial score (nSPS) is 47.5. The van der Waals surface area contributed by atoms with E-state index in [0.29, 0.717) is 16.6 Å². The molecule has 7 unspecified atom stereocenters. The van der Waals surface area contributed by atoms with Crippen LogP contribution in [0.5, 0.6) is 0 Å². The number of ketones is 1. The van der Waals surface area contributed by atoms with Crippen molar-refractivity contribution in [3.63, 3.8) is 0 Å². The van der Waals surface area contributed by atoms with Gasteiger partial charge in [-0.15, -0.1) is 0 Å². The van der Waals surface area contributed by atoms with Crippen molar-refractivity contribution >= 4 is 5.78 Å². The molecule has 0 aromatic heterocycles. The third-order valence-corrected chi connectivity index (χ3v) is 9.47. The predicted molar refractivity (Wildman–Crippen MR) is 104 cm³/mol. The second-order valence-electron chi connectivity index (χ2n) is 10.5. The number of carbonyl (C=O) groups is 1. The number of allylic oxidation sites excluding steroid dienone is 1. The van der Waals surface area contributed by atoms with Gasteiger partial charge < -0.3 is 0 Å². The highest BCUT2D eigenvalue weighted by Gasteiger charge is 2.59. The fourth-order valence-electron chi connectivity index (χ4n) is 8.19. The summed E-state index contributed by atoms with van der Waals surface area (Å²) >= 11 is 0. The van der Waals surface area contributed by atoms with Crippen LogP contribution in [0.4, 0.5) is 0 Å². The molecule has 140 valence electrons. The molecule has 7 atom stereocenters. The van der Waals surface area contributed by atoms with Gasteiger partial charge in [-0.3, -0.25) is 4.79 Å². The van der Waals surface area contributed by atoms with Crippen molar-refractivity contribution in [3.05, 3.63) is 11.6 Å². The van der Waals surface area contributed by atoms with E-state index in [4.69, 9.17) is 0 Å². The molecule has 0 bridgehead atoms. The first-order valence-electron chi connectivity index (χ1n) is 11.1. The first-order valence-corrected chi connectivity index (χ1v) is 11.1. The first kappa shape index (κ1) is 17.8. The average Bonchev–Trinajstić information content (AvgIpc) is 2.93. The molecule has 3 saturated carbocycles. The fraction of sp³-hybridized carbons (Fsp3) is 0.875. The molecule has 4 aliphatic carbocycles. The van der Waals surface area contributed by atoms with Gasteiger partial charge in [0.15, 0.2) is 5.78 Å². The third kappa shape index (κ3) is 2.59. The summed E-state index contributed by atoms with van der Waals surface area (Å²) in [4.78, 5) is 12.0. The molecule has 0 radical (unpaired) electrons. The highest BCUT2D eigenvalue weighted by molar-refractivity contribution is 5.91. The van der Waals surface area contributed by atoms with E-state index in [1.807, 2.05) is 6.08 Å². The Hall–Kier alpha value is -0.590. The minimum atomic E-state index is 0.339. The highest BCUT2D eigenvalue weighted by atomic mass is 16.1. The Bertz CT molecular complexity index is 575. The standard InChI is InChI=1S/C24H38O/c1-5-6-16(2)20-9-10-21-19-8-7-17-15-18(25)11-13-23(17,3)22(19)12-14-24(20,21)4/h15-16,19-22H,5-14H2,1-4H3. The van der Waals surface area contributed by atoms with Gasteiger partial charge in [0.25, 0.3) is 0 Å². The van der Waals surface area contributed by atoms with E-state index >= 15 is 0 Å². The van der Waals surface area contributed by atoms with Crippen LogP contribution in [0, 0.1) is 40.4 Å². The first-order chi connectivity index (χ1) is 11.9. The minimum Gasteiger partial charge on any atom is -0.295 e. The summed E-state index contributed by atoms with van der Waals surface area (Å²) in [6, 6.07) is 0. The molecule has 1 nitrogen and oxygen atoms in total. The zero-order valence-corrected chi connectivity index (χ0v) is 16.9. The van der Waals surface area contributed by atoms with Crippen LogP contribution >= 0.6 is 0 Å². The zero-order valence-electron chi connectivity index (χ0n) is 16.9. The number of hydrogen-bond donors (Lipinski definition) is 0. The summed E-state index contributed by atoms with van der Waals surface area (Å²) in [6.07, 6.45) is 15.1. The van der Waals surface area contributed by atoms with Gasteiger partial charge >= 0.3 is 0 Å². The van der Waals surface area contributed by atoms with Crippen molar-refractivity contribution in [1.82, 2.24) is 0 Å². The topological polar surface area (TPSA) is 17.1 Å². The monoisotopic (exact) mass is 342 g/mol. The Labute approximate surface area is 155 Å². The Morgan fingerprint density at radius 1 is 1.08 bits per heavy atom. The Kier molecular flexibility index (Phi) is 4.44. The van der Waals surface area contributed by atoms with Gasteiger partial charge in [0.2, 0.25) is 0 Å². The van der Waals surface area contributed by atoms with Crippen LogP contribution in [0.2, 0.25) is 0 Å². The lowest BCUT2D eigenvalue weighted by atomic mass is 9.46. The summed E-state index contributed by atoms with van der Waals surface area (Å²) in [5.41, 5.74) is 2.45. The molecule has 0 spiro atoms.